The van der Waals surface area contributed by atoms with Crippen molar-refractivity contribution in [2.75, 3.05) is 36.4 Å². The molecule has 2 aromatic carbocycles. The SMILES string of the molecule is CCCCc1ccc(NC(=S)N2CCN(c3nc4c(c(=O)n(C)c(=O)n4C)n3Cc3ccc(C)cc3)CC2)cc1. The third-order valence-corrected chi connectivity index (χ3v) is 8.02. The van der Waals surface area contributed by atoms with Crippen molar-refractivity contribution >= 4 is 40.1 Å². The van der Waals surface area contributed by atoms with Crippen molar-refractivity contribution < 1.29 is 0 Å². The Balaban J connectivity index is 1.36. The molecule has 1 saturated heterocycles. The molecule has 1 aliphatic rings. The molecule has 1 fully saturated rings. The largest absolute Gasteiger partial charge is 0.345 e. The lowest BCUT2D eigenvalue weighted by atomic mass is 10.1. The van der Waals surface area contributed by atoms with Crippen molar-refractivity contribution in [2.24, 2.45) is 14.1 Å². The molecular weight excluding hydrogens is 522 g/mol. The van der Waals surface area contributed by atoms with Crippen molar-refractivity contribution in [3.05, 3.63) is 86.1 Å². The van der Waals surface area contributed by atoms with Crippen LogP contribution in [0.4, 0.5) is 11.6 Å². The van der Waals surface area contributed by atoms with Gasteiger partial charge < -0.3 is 15.1 Å². The number of fused-ring (bicyclic) bond motifs is 1. The molecule has 4 aromatic rings. The van der Waals surface area contributed by atoms with Crippen LogP contribution in [-0.2, 0) is 27.1 Å². The molecule has 40 heavy (non-hydrogen) atoms. The van der Waals surface area contributed by atoms with Gasteiger partial charge in [0.05, 0.1) is 6.54 Å². The first kappa shape index (κ1) is 27.6. The van der Waals surface area contributed by atoms with Gasteiger partial charge in [-0.2, -0.15) is 4.98 Å². The monoisotopic (exact) mass is 559 g/mol. The maximum absolute atomic E-state index is 13.3. The van der Waals surface area contributed by atoms with E-state index in [4.69, 9.17) is 17.2 Å². The van der Waals surface area contributed by atoms with Gasteiger partial charge in [-0.25, -0.2) is 4.79 Å². The molecule has 0 saturated carbocycles. The van der Waals surface area contributed by atoms with E-state index in [1.807, 2.05) is 4.57 Å². The summed E-state index contributed by atoms with van der Waals surface area (Å²) in [6, 6.07) is 16.8. The second-order valence-electron chi connectivity index (χ2n) is 10.6. The van der Waals surface area contributed by atoms with E-state index in [0.29, 0.717) is 54.9 Å². The molecule has 3 heterocycles. The first-order valence-electron chi connectivity index (χ1n) is 13.9. The Kier molecular flexibility index (Phi) is 8.07. The van der Waals surface area contributed by atoms with E-state index in [0.717, 1.165) is 22.2 Å². The number of hydrogen-bond acceptors (Lipinski definition) is 5. The van der Waals surface area contributed by atoms with Crippen molar-refractivity contribution in [1.82, 2.24) is 23.6 Å². The number of piperazine rings is 1. The lowest BCUT2D eigenvalue weighted by Gasteiger charge is -2.36. The number of aromatic nitrogens is 4. The van der Waals surface area contributed by atoms with E-state index >= 15 is 0 Å². The number of nitrogens with zero attached hydrogens (tertiary/aromatic N) is 6. The summed E-state index contributed by atoms with van der Waals surface area (Å²) in [6.45, 7) is 7.53. The lowest BCUT2D eigenvalue weighted by molar-refractivity contribution is 0.386. The maximum Gasteiger partial charge on any atom is 0.332 e. The van der Waals surface area contributed by atoms with Crippen LogP contribution in [0.2, 0.25) is 0 Å². The van der Waals surface area contributed by atoms with Crippen LogP contribution in [0.3, 0.4) is 0 Å². The molecule has 0 amide bonds. The highest BCUT2D eigenvalue weighted by Gasteiger charge is 2.26. The van der Waals surface area contributed by atoms with E-state index in [2.05, 4.69) is 77.5 Å². The van der Waals surface area contributed by atoms with E-state index in [1.165, 1.54) is 35.6 Å². The van der Waals surface area contributed by atoms with Gasteiger partial charge in [0.25, 0.3) is 5.56 Å². The summed E-state index contributed by atoms with van der Waals surface area (Å²) in [5.74, 6) is 0.690. The molecule has 10 heteroatoms. The van der Waals surface area contributed by atoms with Crippen molar-refractivity contribution in [2.45, 2.75) is 39.7 Å². The number of unbranched alkanes of at least 4 members (excludes halogenated alkanes) is 1. The zero-order valence-corrected chi connectivity index (χ0v) is 24.5. The van der Waals surface area contributed by atoms with Crippen LogP contribution in [-0.4, -0.2) is 54.9 Å². The Morgan fingerprint density at radius 1 is 0.925 bits per heavy atom. The molecule has 1 N–H and O–H groups in total. The Bertz CT molecular complexity index is 1630. The van der Waals surface area contributed by atoms with Crippen molar-refractivity contribution in [1.29, 1.82) is 0 Å². The van der Waals surface area contributed by atoms with Crippen LogP contribution in [0.1, 0.15) is 36.5 Å². The minimum atomic E-state index is -0.385. The highest BCUT2D eigenvalue weighted by atomic mass is 32.1. The second kappa shape index (κ2) is 11.7. The summed E-state index contributed by atoms with van der Waals surface area (Å²) < 4.78 is 4.56. The normalized spacial score (nSPS) is 13.7. The predicted octanol–water partition coefficient (Wildman–Crippen LogP) is 3.65. The summed E-state index contributed by atoms with van der Waals surface area (Å²) in [4.78, 5) is 35.1. The van der Waals surface area contributed by atoms with Gasteiger partial charge in [0, 0.05) is 46.0 Å². The van der Waals surface area contributed by atoms with Crippen LogP contribution in [0, 0.1) is 6.92 Å². The fourth-order valence-electron chi connectivity index (χ4n) is 5.15. The standard InChI is InChI=1S/C30H37N7O2S/c1-5-6-7-22-12-14-24(15-13-22)31-29(40)36-18-16-35(17-19-36)28-32-26-25(27(38)34(4)30(39)33(26)3)37(28)20-23-10-8-21(2)9-11-23/h8-15H,5-7,16-20H2,1-4H3,(H,31,40). The summed E-state index contributed by atoms with van der Waals surface area (Å²) in [5, 5.41) is 4.08. The lowest BCUT2D eigenvalue weighted by Crippen LogP contribution is -2.50. The van der Waals surface area contributed by atoms with Crippen LogP contribution >= 0.6 is 12.2 Å². The summed E-state index contributed by atoms with van der Waals surface area (Å²) in [6.07, 6.45) is 3.48. The Hall–Kier alpha value is -3.92. The molecular formula is C30H37N7O2S. The smallest absolute Gasteiger partial charge is 0.332 e. The number of benzene rings is 2. The Labute approximate surface area is 239 Å². The quantitative estimate of drug-likeness (QED) is 0.346. The van der Waals surface area contributed by atoms with Gasteiger partial charge in [-0.15, -0.1) is 0 Å². The van der Waals surface area contributed by atoms with Gasteiger partial charge in [0.1, 0.15) is 0 Å². The average molecular weight is 560 g/mol. The van der Waals surface area contributed by atoms with Crippen LogP contribution in [0.25, 0.3) is 11.2 Å². The fourth-order valence-corrected chi connectivity index (χ4v) is 5.45. The Morgan fingerprint density at radius 2 is 1.57 bits per heavy atom. The molecule has 1 aliphatic heterocycles. The van der Waals surface area contributed by atoms with Gasteiger partial charge in [0.15, 0.2) is 16.3 Å². The molecule has 2 aromatic heterocycles. The molecule has 210 valence electrons. The number of thiocarbonyl (C=S) groups is 1. The van der Waals surface area contributed by atoms with Crippen LogP contribution < -0.4 is 21.5 Å². The minimum Gasteiger partial charge on any atom is -0.345 e. The fraction of sp³-hybridized carbons (Fsp3) is 0.400. The van der Waals surface area contributed by atoms with E-state index < -0.39 is 0 Å². The molecule has 0 aliphatic carbocycles. The highest BCUT2D eigenvalue weighted by molar-refractivity contribution is 7.80. The molecule has 0 radical (unpaired) electrons. The third kappa shape index (κ3) is 5.54. The number of nitrogens with one attached hydrogen (secondary N) is 1. The van der Waals surface area contributed by atoms with E-state index in [9.17, 15) is 9.59 Å². The van der Waals surface area contributed by atoms with Gasteiger partial charge in [-0.1, -0.05) is 55.3 Å². The van der Waals surface area contributed by atoms with Gasteiger partial charge in [-0.05, 0) is 55.2 Å². The second-order valence-corrected chi connectivity index (χ2v) is 11.0. The maximum atomic E-state index is 13.3. The highest BCUT2D eigenvalue weighted by Crippen LogP contribution is 2.23. The number of rotatable bonds is 7. The van der Waals surface area contributed by atoms with E-state index in [-0.39, 0.29) is 11.2 Å². The zero-order chi connectivity index (χ0) is 28.4. The van der Waals surface area contributed by atoms with Crippen molar-refractivity contribution in [3.63, 3.8) is 0 Å². The van der Waals surface area contributed by atoms with Gasteiger partial charge in [-0.3, -0.25) is 18.5 Å². The summed E-state index contributed by atoms with van der Waals surface area (Å²) >= 11 is 5.75. The number of anilines is 2. The van der Waals surface area contributed by atoms with Gasteiger partial charge >= 0.3 is 5.69 Å². The summed E-state index contributed by atoms with van der Waals surface area (Å²) in [7, 11) is 3.17. The number of hydrogen-bond donors (Lipinski definition) is 1. The Morgan fingerprint density at radius 3 is 2.23 bits per heavy atom. The molecule has 0 bridgehead atoms. The number of imidazole rings is 1. The third-order valence-electron chi connectivity index (χ3n) is 7.66. The predicted molar refractivity (Wildman–Crippen MR) is 166 cm³/mol. The molecule has 9 nitrogen and oxygen atoms in total. The average Bonchev–Trinajstić information content (AvgIpc) is 3.35. The first-order chi connectivity index (χ1) is 19.3. The topological polar surface area (TPSA) is 80.3 Å². The molecule has 0 spiro atoms. The molecule has 0 atom stereocenters. The minimum absolute atomic E-state index is 0.339. The van der Waals surface area contributed by atoms with Gasteiger partial charge in [0.2, 0.25) is 5.95 Å². The summed E-state index contributed by atoms with van der Waals surface area (Å²) in [5.41, 5.74) is 4.67. The van der Waals surface area contributed by atoms with E-state index in [1.54, 1.807) is 7.05 Å². The first-order valence-corrected chi connectivity index (χ1v) is 14.3. The molecule has 5 rings (SSSR count). The van der Waals surface area contributed by atoms with Crippen LogP contribution in [0.5, 0.6) is 0 Å². The number of aryl methyl sites for hydroxylation is 3. The van der Waals surface area contributed by atoms with Crippen LogP contribution in [0.15, 0.2) is 58.1 Å². The zero-order valence-electron chi connectivity index (χ0n) is 23.7. The van der Waals surface area contributed by atoms with Crippen molar-refractivity contribution in [3.8, 4) is 0 Å². The molecule has 0 unspecified atom stereocenters.